The van der Waals surface area contributed by atoms with Crippen LogP contribution in [0.25, 0.3) is 10.9 Å². The van der Waals surface area contributed by atoms with Gasteiger partial charge in [0, 0.05) is 18.0 Å². The number of aryl methyl sites for hydroxylation is 1. The van der Waals surface area contributed by atoms with Gasteiger partial charge in [-0.05, 0) is 39.3 Å². The SMILES string of the molecule is CCn1nc(CC(C)C(C)NC)c2ccccc21. The summed E-state index contributed by atoms with van der Waals surface area (Å²) in [5.41, 5.74) is 2.47. The zero-order valence-electron chi connectivity index (χ0n) is 11.8. The Morgan fingerprint density at radius 1 is 1.28 bits per heavy atom. The Morgan fingerprint density at radius 3 is 2.67 bits per heavy atom. The van der Waals surface area contributed by atoms with Crippen LogP contribution in [0.1, 0.15) is 26.5 Å². The summed E-state index contributed by atoms with van der Waals surface area (Å²) in [4.78, 5) is 0. The first-order valence-corrected chi connectivity index (χ1v) is 6.79. The predicted octanol–water partition coefficient (Wildman–Crippen LogP) is 2.84. The Kier molecular flexibility index (Phi) is 4.02. The van der Waals surface area contributed by atoms with Crippen molar-refractivity contribution < 1.29 is 0 Å². The van der Waals surface area contributed by atoms with Crippen LogP contribution in [0.3, 0.4) is 0 Å². The van der Waals surface area contributed by atoms with E-state index in [0.717, 1.165) is 13.0 Å². The summed E-state index contributed by atoms with van der Waals surface area (Å²) in [5, 5.41) is 9.37. The Morgan fingerprint density at radius 2 is 2.00 bits per heavy atom. The molecule has 0 saturated heterocycles. The fourth-order valence-electron chi connectivity index (χ4n) is 2.35. The van der Waals surface area contributed by atoms with Crippen molar-refractivity contribution in [1.29, 1.82) is 0 Å². The molecular weight excluding hydrogens is 222 g/mol. The van der Waals surface area contributed by atoms with E-state index >= 15 is 0 Å². The van der Waals surface area contributed by atoms with Gasteiger partial charge in [-0.3, -0.25) is 4.68 Å². The number of para-hydroxylation sites is 1. The minimum absolute atomic E-state index is 0.510. The van der Waals surface area contributed by atoms with Crippen molar-refractivity contribution in [3.05, 3.63) is 30.0 Å². The quantitative estimate of drug-likeness (QED) is 0.878. The second kappa shape index (κ2) is 5.53. The monoisotopic (exact) mass is 245 g/mol. The van der Waals surface area contributed by atoms with Gasteiger partial charge >= 0.3 is 0 Å². The molecule has 0 bridgehead atoms. The highest BCUT2D eigenvalue weighted by Gasteiger charge is 2.15. The fourth-order valence-corrected chi connectivity index (χ4v) is 2.35. The third kappa shape index (κ3) is 2.41. The lowest BCUT2D eigenvalue weighted by Gasteiger charge is -2.18. The van der Waals surface area contributed by atoms with E-state index in [-0.39, 0.29) is 0 Å². The van der Waals surface area contributed by atoms with Crippen molar-refractivity contribution >= 4 is 10.9 Å². The molecule has 3 heteroatoms. The standard InChI is InChI=1S/C15H23N3/c1-5-18-15-9-7-6-8-13(15)14(17-18)10-11(2)12(3)16-4/h6-9,11-12,16H,5,10H2,1-4H3. The van der Waals surface area contributed by atoms with Crippen LogP contribution in [0.4, 0.5) is 0 Å². The molecule has 98 valence electrons. The van der Waals surface area contributed by atoms with E-state index in [2.05, 4.69) is 55.0 Å². The average molecular weight is 245 g/mol. The second-order valence-electron chi connectivity index (χ2n) is 5.04. The first kappa shape index (κ1) is 13.1. The Hall–Kier alpha value is -1.35. The third-order valence-electron chi connectivity index (χ3n) is 3.86. The van der Waals surface area contributed by atoms with Crippen LogP contribution in [0.2, 0.25) is 0 Å². The van der Waals surface area contributed by atoms with Gasteiger partial charge in [-0.2, -0.15) is 5.10 Å². The molecule has 0 aliphatic carbocycles. The maximum absolute atomic E-state index is 4.75. The van der Waals surface area contributed by atoms with Crippen LogP contribution in [0.5, 0.6) is 0 Å². The number of hydrogen-bond donors (Lipinski definition) is 1. The summed E-state index contributed by atoms with van der Waals surface area (Å²) in [7, 11) is 2.02. The number of hydrogen-bond acceptors (Lipinski definition) is 2. The van der Waals surface area contributed by atoms with Gasteiger partial charge in [-0.15, -0.1) is 0 Å². The molecule has 2 rings (SSSR count). The highest BCUT2D eigenvalue weighted by molar-refractivity contribution is 5.81. The minimum Gasteiger partial charge on any atom is -0.317 e. The van der Waals surface area contributed by atoms with Crippen LogP contribution in [-0.2, 0) is 13.0 Å². The molecule has 3 nitrogen and oxygen atoms in total. The lowest BCUT2D eigenvalue weighted by molar-refractivity contribution is 0.419. The number of benzene rings is 1. The van der Waals surface area contributed by atoms with Crippen LogP contribution >= 0.6 is 0 Å². The van der Waals surface area contributed by atoms with Crippen molar-refractivity contribution in [2.75, 3.05) is 7.05 Å². The van der Waals surface area contributed by atoms with Crippen molar-refractivity contribution in [2.45, 2.75) is 39.8 Å². The number of fused-ring (bicyclic) bond motifs is 1. The average Bonchev–Trinajstić information content (AvgIpc) is 2.76. The number of rotatable bonds is 5. The maximum Gasteiger partial charge on any atom is 0.0706 e. The van der Waals surface area contributed by atoms with Crippen LogP contribution in [0, 0.1) is 5.92 Å². The first-order chi connectivity index (χ1) is 8.67. The number of nitrogens with zero attached hydrogens (tertiary/aromatic N) is 2. The summed E-state index contributed by atoms with van der Waals surface area (Å²) in [6.07, 6.45) is 1.02. The van der Waals surface area contributed by atoms with Gasteiger partial charge in [0.25, 0.3) is 0 Å². The maximum atomic E-state index is 4.75. The van der Waals surface area contributed by atoms with Crippen molar-refractivity contribution in [3.63, 3.8) is 0 Å². The molecule has 0 fully saturated rings. The van der Waals surface area contributed by atoms with Gasteiger partial charge in [0.15, 0.2) is 0 Å². The van der Waals surface area contributed by atoms with E-state index in [9.17, 15) is 0 Å². The summed E-state index contributed by atoms with van der Waals surface area (Å²) in [6, 6.07) is 9.03. The Labute approximate surface area is 109 Å². The molecule has 2 atom stereocenters. The molecule has 0 aliphatic heterocycles. The van der Waals surface area contributed by atoms with E-state index < -0.39 is 0 Å². The van der Waals surface area contributed by atoms with Crippen molar-refractivity contribution in [3.8, 4) is 0 Å². The molecule has 2 unspecified atom stereocenters. The molecule has 1 N–H and O–H groups in total. The normalized spacial score (nSPS) is 14.9. The highest BCUT2D eigenvalue weighted by atomic mass is 15.3. The van der Waals surface area contributed by atoms with Crippen LogP contribution < -0.4 is 5.32 Å². The molecule has 2 aromatic rings. The molecule has 18 heavy (non-hydrogen) atoms. The second-order valence-corrected chi connectivity index (χ2v) is 5.04. The number of aromatic nitrogens is 2. The molecule has 0 amide bonds. The summed E-state index contributed by atoms with van der Waals surface area (Å²) in [5.74, 6) is 0.582. The topological polar surface area (TPSA) is 29.9 Å². The largest absolute Gasteiger partial charge is 0.317 e. The summed E-state index contributed by atoms with van der Waals surface area (Å²) >= 11 is 0. The summed E-state index contributed by atoms with van der Waals surface area (Å²) in [6.45, 7) is 7.57. The Balaban J connectivity index is 2.33. The van der Waals surface area contributed by atoms with Crippen molar-refractivity contribution in [2.24, 2.45) is 5.92 Å². The number of nitrogens with one attached hydrogen (secondary N) is 1. The molecule has 1 heterocycles. The summed E-state index contributed by atoms with van der Waals surface area (Å²) < 4.78 is 2.10. The molecule has 0 spiro atoms. The zero-order valence-corrected chi connectivity index (χ0v) is 11.8. The van der Waals surface area contributed by atoms with Gasteiger partial charge in [-0.25, -0.2) is 0 Å². The predicted molar refractivity (Wildman–Crippen MR) is 76.8 cm³/mol. The van der Waals surface area contributed by atoms with E-state index in [1.54, 1.807) is 0 Å². The van der Waals surface area contributed by atoms with Gasteiger partial charge in [-0.1, -0.05) is 25.1 Å². The van der Waals surface area contributed by atoms with Crippen LogP contribution in [0.15, 0.2) is 24.3 Å². The fraction of sp³-hybridized carbons (Fsp3) is 0.533. The van der Waals surface area contributed by atoms with Gasteiger partial charge in [0.05, 0.1) is 11.2 Å². The van der Waals surface area contributed by atoms with Gasteiger partial charge in [0.2, 0.25) is 0 Å². The first-order valence-electron chi connectivity index (χ1n) is 6.79. The molecule has 0 aliphatic rings. The van der Waals surface area contributed by atoms with E-state index in [1.807, 2.05) is 7.05 Å². The highest BCUT2D eigenvalue weighted by Crippen LogP contribution is 2.21. The molecule has 0 radical (unpaired) electrons. The van der Waals surface area contributed by atoms with E-state index in [1.165, 1.54) is 16.6 Å². The Bertz CT molecular complexity index is 515. The lowest BCUT2D eigenvalue weighted by atomic mass is 9.97. The lowest BCUT2D eigenvalue weighted by Crippen LogP contribution is -2.30. The van der Waals surface area contributed by atoms with E-state index in [4.69, 9.17) is 5.10 Å². The third-order valence-corrected chi connectivity index (χ3v) is 3.86. The zero-order chi connectivity index (χ0) is 13.1. The molecule has 1 aromatic heterocycles. The van der Waals surface area contributed by atoms with E-state index in [0.29, 0.717) is 12.0 Å². The smallest absolute Gasteiger partial charge is 0.0706 e. The van der Waals surface area contributed by atoms with Crippen molar-refractivity contribution in [1.82, 2.24) is 15.1 Å². The molecular formula is C15H23N3. The van der Waals surface area contributed by atoms with Gasteiger partial charge < -0.3 is 5.32 Å². The minimum atomic E-state index is 0.510. The van der Waals surface area contributed by atoms with Gasteiger partial charge in [0.1, 0.15) is 0 Å². The molecule has 0 saturated carbocycles. The van der Waals surface area contributed by atoms with Crippen LogP contribution in [-0.4, -0.2) is 22.9 Å². The molecule has 1 aromatic carbocycles.